The van der Waals surface area contributed by atoms with Gasteiger partial charge in [-0.15, -0.1) is 0 Å². The predicted molar refractivity (Wildman–Crippen MR) is 175 cm³/mol. The first-order valence-corrected chi connectivity index (χ1v) is 16.3. The highest BCUT2D eigenvalue weighted by molar-refractivity contribution is 5.98. The van der Waals surface area contributed by atoms with E-state index in [4.69, 9.17) is 21.6 Å². The molecular weight excluding hydrogens is 534 g/mol. The van der Waals surface area contributed by atoms with Crippen LogP contribution in [0.3, 0.4) is 0 Å². The smallest absolute Gasteiger partial charge is 0.243 e. The van der Waals surface area contributed by atoms with E-state index in [0.29, 0.717) is 12.1 Å². The molecule has 1 unspecified atom stereocenters. The average molecular weight is 582 g/mol. The van der Waals surface area contributed by atoms with E-state index in [1.807, 2.05) is 12.1 Å². The third kappa shape index (κ3) is 5.84. The summed E-state index contributed by atoms with van der Waals surface area (Å²) in [5.41, 5.74) is 16.1. The predicted octanol–water partition coefficient (Wildman–Crippen LogP) is 6.28. The van der Waals surface area contributed by atoms with Gasteiger partial charge in [-0.05, 0) is 78.6 Å². The number of rotatable bonds is 6. The zero-order valence-electron chi connectivity index (χ0n) is 25.5. The molecule has 3 aromatic carbocycles. The fourth-order valence-electron chi connectivity index (χ4n) is 8.08. The summed E-state index contributed by atoms with van der Waals surface area (Å²) in [6.45, 7) is 0.578. The van der Waals surface area contributed by atoms with Crippen molar-refractivity contribution in [3.63, 3.8) is 0 Å². The summed E-state index contributed by atoms with van der Waals surface area (Å²) >= 11 is 0. The molecule has 1 heterocycles. The number of nitrogens with zero attached hydrogens (tertiary/aromatic N) is 1. The van der Waals surface area contributed by atoms with Crippen LogP contribution >= 0.6 is 0 Å². The normalized spacial score (nSPS) is 23.7. The van der Waals surface area contributed by atoms with Gasteiger partial charge in [0.15, 0.2) is 0 Å². The van der Waals surface area contributed by atoms with Gasteiger partial charge < -0.3 is 26.4 Å². The molecule has 7 nitrogen and oxygen atoms in total. The van der Waals surface area contributed by atoms with Crippen molar-refractivity contribution in [1.82, 2.24) is 5.32 Å². The standard InChI is InChI=1S/C36H47N5O2/c1-43-29-17-11-24-9-8-10-26(30(24)22-29)23-41-32-21-25(34(38)39)12-18-31(32)36(19-6-4-2-3-5-7-20-36)33(41)35(42)40-28-15-13-27(37)14-16-28/h8-12,17-18,21-22,27-28,33H,2-7,13-16,19-20,23,37H2,1H3,(H3,38,39)(H,40,42). The average Bonchev–Trinajstić information content (AvgIpc) is 3.34. The molecule has 43 heavy (non-hydrogen) atoms. The molecule has 6 N–H and O–H groups in total. The zero-order chi connectivity index (χ0) is 30.0. The maximum absolute atomic E-state index is 14.7. The van der Waals surface area contributed by atoms with Gasteiger partial charge in [-0.25, -0.2) is 0 Å². The number of nitrogens with two attached hydrogens (primary N) is 2. The number of hydrogen-bond donors (Lipinski definition) is 4. The lowest BCUT2D eigenvalue weighted by atomic mass is 9.69. The lowest BCUT2D eigenvalue weighted by Gasteiger charge is -2.40. The first-order chi connectivity index (χ1) is 20.9. The number of fused-ring (bicyclic) bond motifs is 3. The highest BCUT2D eigenvalue weighted by atomic mass is 16.5. The van der Waals surface area contributed by atoms with Crippen molar-refractivity contribution in [2.45, 2.75) is 107 Å². The van der Waals surface area contributed by atoms with Gasteiger partial charge in [0.25, 0.3) is 0 Å². The molecule has 228 valence electrons. The van der Waals surface area contributed by atoms with Crippen LogP contribution in [0.25, 0.3) is 10.8 Å². The van der Waals surface area contributed by atoms with E-state index in [9.17, 15) is 4.79 Å². The van der Waals surface area contributed by atoms with Crippen LogP contribution in [0.15, 0.2) is 54.6 Å². The minimum Gasteiger partial charge on any atom is -0.497 e. The number of carbonyl (C=O) groups excluding carboxylic acids is 1. The largest absolute Gasteiger partial charge is 0.497 e. The number of amidine groups is 1. The quantitative estimate of drug-likeness (QED) is 0.202. The number of ether oxygens (including phenoxy) is 1. The van der Waals surface area contributed by atoms with Gasteiger partial charge in [-0.3, -0.25) is 10.2 Å². The number of methoxy groups -OCH3 is 1. The molecule has 0 saturated heterocycles. The van der Waals surface area contributed by atoms with Gasteiger partial charge in [-0.2, -0.15) is 0 Å². The lowest BCUT2D eigenvalue weighted by Crippen LogP contribution is -2.56. The molecule has 0 radical (unpaired) electrons. The Balaban J connectivity index is 1.48. The number of nitrogens with one attached hydrogen (secondary N) is 2. The lowest BCUT2D eigenvalue weighted by molar-refractivity contribution is -0.125. The second-order valence-electron chi connectivity index (χ2n) is 13.1. The summed E-state index contributed by atoms with van der Waals surface area (Å²) in [4.78, 5) is 17.1. The highest BCUT2D eigenvalue weighted by Crippen LogP contribution is 2.53. The van der Waals surface area contributed by atoms with Crippen LogP contribution < -0.4 is 26.4 Å². The minimum absolute atomic E-state index is 0.0487. The molecule has 0 aromatic heterocycles. The van der Waals surface area contributed by atoms with E-state index in [1.54, 1.807) is 7.11 Å². The Morgan fingerprint density at radius 2 is 1.70 bits per heavy atom. The van der Waals surface area contributed by atoms with Crippen molar-refractivity contribution >= 4 is 28.2 Å². The molecule has 1 spiro atoms. The molecule has 3 aromatic rings. The van der Waals surface area contributed by atoms with Crippen LogP contribution in [0, 0.1) is 5.41 Å². The van der Waals surface area contributed by atoms with Gasteiger partial charge in [0.1, 0.15) is 17.6 Å². The van der Waals surface area contributed by atoms with Crippen molar-refractivity contribution in [2.24, 2.45) is 11.5 Å². The van der Waals surface area contributed by atoms with Crippen LogP contribution in [-0.4, -0.2) is 37.0 Å². The number of carbonyl (C=O) groups is 1. The van der Waals surface area contributed by atoms with Crippen LogP contribution in [0.2, 0.25) is 0 Å². The van der Waals surface area contributed by atoms with E-state index in [2.05, 4.69) is 52.7 Å². The molecule has 1 amide bonds. The Bertz CT molecular complexity index is 1470. The van der Waals surface area contributed by atoms with Gasteiger partial charge >= 0.3 is 0 Å². The molecule has 7 heteroatoms. The van der Waals surface area contributed by atoms with Crippen molar-refractivity contribution in [2.75, 3.05) is 12.0 Å². The minimum atomic E-state index is -0.348. The number of hydrogen-bond acceptors (Lipinski definition) is 5. The Labute approximate surface area is 255 Å². The van der Waals surface area contributed by atoms with Crippen LogP contribution in [0.4, 0.5) is 5.69 Å². The third-order valence-electron chi connectivity index (χ3n) is 10.4. The number of anilines is 1. The monoisotopic (exact) mass is 581 g/mol. The first-order valence-electron chi connectivity index (χ1n) is 16.3. The van der Waals surface area contributed by atoms with Crippen molar-refractivity contribution in [3.05, 3.63) is 71.3 Å². The fourth-order valence-corrected chi connectivity index (χ4v) is 8.08. The molecule has 6 rings (SSSR count). The maximum Gasteiger partial charge on any atom is 0.243 e. The zero-order valence-corrected chi connectivity index (χ0v) is 25.5. The summed E-state index contributed by atoms with van der Waals surface area (Å²) < 4.78 is 5.60. The second-order valence-corrected chi connectivity index (χ2v) is 13.1. The Morgan fingerprint density at radius 1 is 0.977 bits per heavy atom. The van der Waals surface area contributed by atoms with E-state index >= 15 is 0 Å². The summed E-state index contributed by atoms with van der Waals surface area (Å²) in [5.74, 6) is 0.990. The van der Waals surface area contributed by atoms with E-state index in [1.165, 1.54) is 31.2 Å². The van der Waals surface area contributed by atoms with Crippen molar-refractivity contribution in [1.29, 1.82) is 5.41 Å². The Kier molecular flexibility index (Phi) is 8.62. The first kappa shape index (κ1) is 29.5. The van der Waals surface area contributed by atoms with Crippen LogP contribution in [0.5, 0.6) is 5.75 Å². The molecule has 1 atom stereocenters. The molecule has 2 saturated carbocycles. The molecule has 1 aliphatic heterocycles. The number of benzene rings is 3. The Morgan fingerprint density at radius 3 is 2.40 bits per heavy atom. The summed E-state index contributed by atoms with van der Waals surface area (Å²) in [6, 6.07) is 18.8. The van der Waals surface area contributed by atoms with Gasteiger partial charge in [0.05, 0.1) is 7.11 Å². The number of nitrogen functional groups attached to an aromatic ring is 1. The molecular formula is C36H47N5O2. The third-order valence-corrected chi connectivity index (χ3v) is 10.4. The number of amides is 1. The van der Waals surface area contributed by atoms with Gasteiger partial charge in [-0.1, -0.05) is 74.9 Å². The van der Waals surface area contributed by atoms with Crippen molar-refractivity contribution in [3.8, 4) is 5.75 Å². The molecule has 0 bridgehead atoms. The molecule has 2 aliphatic carbocycles. The summed E-state index contributed by atoms with van der Waals surface area (Å²) in [7, 11) is 1.70. The summed E-state index contributed by atoms with van der Waals surface area (Å²) in [5, 5.41) is 14.0. The topological polar surface area (TPSA) is 117 Å². The molecule has 3 aliphatic rings. The van der Waals surface area contributed by atoms with Crippen LogP contribution in [0.1, 0.15) is 93.7 Å². The van der Waals surface area contributed by atoms with Crippen molar-refractivity contribution < 1.29 is 9.53 Å². The van der Waals surface area contributed by atoms with E-state index in [0.717, 1.165) is 79.1 Å². The SMILES string of the molecule is COc1ccc2cccc(CN3c4cc(C(=N)N)ccc4C4(CCCCCCCC4)C3C(=O)NC3CCC(N)CC3)c2c1. The summed E-state index contributed by atoms with van der Waals surface area (Å²) in [6.07, 6.45) is 12.8. The van der Waals surface area contributed by atoms with E-state index in [-0.39, 0.29) is 35.3 Å². The van der Waals surface area contributed by atoms with E-state index < -0.39 is 0 Å². The highest BCUT2D eigenvalue weighted by Gasteiger charge is 2.54. The van der Waals surface area contributed by atoms with Crippen LogP contribution in [-0.2, 0) is 16.8 Å². The van der Waals surface area contributed by atoms with Gasteiger partial charge in [0, 0.05) is 35.3 Å². The van der Waals surface area contributed by atoms with Gasteiger partial charge in [0.2, 0.25) is 5.91 Å². The maximum atomic E-state index is 14.7. The Hall–Kier alpha value is -3.58. The second kappa shape index (κ2) is 12.6. The molecule has 2 fully saturated rings. The fraction of sp³-hybridized carbons (Fsp3) is 0.500.